The highest BCUT2D eigenvalue weighted by Gasteiger charge is 2.44. The molecule has 4 atom stereocenters. The van der Waals surface area contributed by atoms with Crippen molar-refractivity contribution in [3.63, 3.8) is 0 Å². The number of aromatic nitrogens is 2. The maximum atomic E-state index is 5.51. The largest absolute Gasteiger partial charge is 0.493 e. The molecule has 0 aliphatic heterocycles. The Bertz CT molecular complexity index is 443. The quantitative estimate of drug-likeness (QED) is 0.887. The van der Waals surface area contributed by atoms with Crippen LogP contribution in [0.1, 0.15) is 44.3 Å². The van der Waals surface area contributed by atoms with Crippen LogP contribution in [0.5, 0.6) is 5.75 Å². The third kappa shape index (κ3) is 2.16. The number of rotatable bonds is 5. The maximum absolute atomic E-state index is 5.51. The first-order valence-electron chi connectivity index (χ1n) is 7.53. The zero-order valence-corrected chi connectivity index (χ0v) is 12.2. The van der Waals surface area contributed by atoms with Gasteiger partial charge in [-0.3, -0.25) is 4.68 Å². The molecule has 4 unspecified atom stereocenters. The second-order valence-electron chi connectivity index (χ2n) is 6.10. The fourth-order valence-corrected chi connectivity index (χ4v) is 4.31. The van der Waals surface area contributed by atoms with E-state index in [4.69, 9.17) is 4.74 Å². The third-order valence-corrected chi connectivity index (χ3v) is 5.11. The standard InChI is InChI=1S/C15H25N3O/c1-4-16-14(12-8-10-5-6-11(12)7-10)15-13(19-3)9-17-18(15)2/h9-12,14,16H,4-8H2,1-3H3. The van der Waals surface area contributed by atoms with Gasteiger partial charge in [0.2, 0.25) is 0 Å². The summed E-state index contributed by atoms with van der Waals surface area (Å²) in [6.07, 6.45) is 7.51. The van der Waals surface area contributed by atoms with Gasteiger partial charge in [-0.05, 0) is 43.6 Å². The van der Waals surface area contributed by atoms with Crippen molar-refractivity contribution in [1.82, 2.24) is 15.1 Å². The minimum atomic E-state index is 0.391. The van der Waals surface area contributed by atoms with Gasteiger partial charge in [-0.25, -0.2) is 0 Å². The van der Waals surface area contributed by atoms with E-state index in [1.807, 2.05) is 17.9 Å². The Hall–Kier alpha value is -1.03. The van der Waals surface area contributed by atoms with Crippen LogP contribution >= 0.6 is 0 Å². The van der Waals surface area contributed by atoms with Crippen LogP contribution in [0.4, 0.5) is 0 Å². The van der Waals surface area contributed by atoms with E-state index in [-0.39, 0.29) is 0 Å². The van der Waals surface area contributed by atoms with Crippen LogP contribution in [0.3, 0.4) is 0 Å². The molecule has 0 saturated heterocycles. The van der Waals surface area contributed by atoms with E-state index in [1.165, 1.54) is 31.4 Å². The normalized spacial score (nSPS) is 30.8. The first kappa shape index (κ1) is 13.0. The van der Waals surface area contributed by atoms with E-state index >= 15 is 0 Å². The van der Waals surface area contributed by atoms with E-state index in [0.717, 1.165) is 30.0 Å². The number of hydrogen-bond donors (Lipinski definition) is 1. The summed E-state index contributed by atoms with van der Waals surface area (Å²) in [7, 11) is 3.76. The lowest BCUT2D eigenvalue weighted by Crippen LogP contribution is -2.33. The van der Waals surface area contributed by atoms with Crippen LogP contribution in [-0.4, -0.2) is 23.4 Å². The van der Waals surface area contributed by atoms with Crippen molar-refractivity contribution >= 4 is 0 Å². The van der Waals surface area contributed by atoms with E-state index in [9.17, 15) is 0 Å². The summed E-state index contributed by atoms with van der Waals surface area (Å²) in [4.78, 5) is 0. The number of methoxy groups -OCH3 is 1. The lowest BCUT2D eigenvalue weighted by molar-refractivity contribution is 0.240. The van der Waals surface area contributed by atoms with Gasteiger partial charge in [0, 0.05) is 7.05 Å². The second kappa shape index (κ2) is 5.16. The van der Waals surface area contributed by atoms with Crippen molar-refractivity contribution in [3.8, 4) is 5.75 Å². The number of nitrogens with zero attached hydrogens (tertiary/aromatic N) is 2. The van der Waals surface area contributed by atoms with Gasteiger partial charge < -0.3 is 10.1 Å². The monoisotopic (exact) mass is 263 g/mol. The Morgan fingerprint density at radius 3 is 2.89 bits per heavy atom. The van der Waals surface area contributed by atoms with Gasteiger partial charge >= 0.3 is 0 Å². The van der Waals surface area contributed by atoms with Crippen molar-refractivity contribution in [2.45, 2.75) is 38.6 Å². The summed E-state index contributed by atoms with van der Waals surface area (Å²) in [6.45, 7) is 3.18. The summed E-state index contributed by atoms with van der Waals surface area (Å²) in [5, 5.41) is 8.06. The molecule has 1 heterocycles. The molecule has 19 heavy (non-hydrogen) atoms. The minimum absolute atomic E-state index is 0.391. The Kier molecular flexibility index (Phi) is 3.52. The van der Waals surface area contributed by atoms with Crippen molar-refractivity contribution in [3.05, 3.63) is 11.9 Å². The molecular weight excluding hydrogens is 238 g/mol. The maximum Gasteiger partial charge on any atom is 0.161 e. The highest BCUT2D eigenvalue weighted by Crippen LogP contribution is 2.53. The number of nitrogens with one attached hydrogen (secondary N) is 1. The Balaban J connectivity index is 1.90. The highest BCUT2D eigenvalue weighted by atomic mass is 16.5. The molecule has 2 bridgehead atoms. The Labute approximate surface area is 115 Å². The predicted octanol–water partition coefficient (Wildman–Crippen LogP) is 2.52. The molecule has 2 aliphatic carbocycles. The summed E-state index contributed by atoms with van der Waals surface area (Å²) in [5.74, 6) is 3.54. The molecule has 2 saturated carbocycles. The first-order chi connectivity index (χ1) is 9.24. The minimum Gasteiger partial charge on any atom is -0.493 e. The fourth-order valence-electron chi connectivity index (χ4n) is 4.31. The lowest BCUT2D eigenvalue weighted by atomic mass is 9.81. The molecule has 106 valence electrons. The van der Waals surface area contributed by atoms with E-state index < -0.39 is 0 Å². The van der Waals surface area contributed by atoms with Crippen molar-refractivity contribution in [1.29, 1.82) is 0 Å². The summed E-state index contributed by atoms with van der Waals surface area (Å²) in [6, 6.07) is 0.391. The average molecular weight is 263 g/mol. The molecule has 2 aliphatic rings. The SMILES string of the molecule is CCNC(c1c(OC)cnn1C)C1CC2CCC1C2. The molecule has 4 heteroatoms. The smallest absolute Gasteiger partial charge is 0.161 e. The molecule has 3 rings (SSSR count). The topological polar surface area (TPSA) is 39.1 Å². The third-order valence-electron chi connectivity index (χ3n) is 5.11. The number of ether oxygens (including phenoxy) is 1. The van der Waals surface area contributed by atoms with Crippen LogP contribution in [-0.2, 0) is 7.05 Å². The molecule has 0 aromatic carbocycles. The van der Waals surface area contributed by atoms with Gasteiger partial charge in [0.25, 0.3) is 0 Å². The van der Waals surface area contributed by atoms with Gasteiger partial charge in [-0.1, -0.05) is 13.3 Å². The van der Waals surface area contributed by atoms with Gasteiger partial charge in [-0.15, -0.1) is 0 Å². The van der Waals surface area contributed by atoms with Crippen molar-refractivity contribution in [2.24, 2.45) is 24.8 Å². The fraction of sp³-hybridized carbons (Fsp3) is 0.800. The van der Waals surface area contributed by atoms with Crippen molar-refractivity contribution in [2.75, 3.05) is 13.7 Å². The van der Waals surface area contributed by atoms with Crippen LogP contribution in [0.25, 0.3) is 0 Å². The van der Waals surface area contributed by atoms with E-state index in [0.29, 0.717) is 6.04 Å². The van der Waals surface area contributed by atoms with Crippen molar-refractivity contribution < 1.29 is 4.74 Å². The first-order valence-corrected chi connectivity index (χ1v) is 7.53. The average Bonchev–Trinajstić information content (AvgIpc) is 3.11. The van der Waals surface area contributed by atoms with E-state index in [1.54, 1.807) is 7.11 Å². The summed E-state index contributed by atoms with van der Waals surface area (Å²) in [5.41, 5.74) is 1.22. The van der Waals surface area contributed by atoms with Gasteiger partial charge in [0.1, 0.15) is 0 Å². The van der Waals surface area contributed by atoms with Gasteiger partial charge in [0.15, 0.2) is 5.75 Å². The number of aryl methyl sites for hydroxylation is 1. The molecule has 1 aromatic rings. The molecule has 0 amide bonds. The van der Waals surface area contributed by atoms with Gasteiger partial charge in [-0.2, -0.15) is 5.10 Å². The zero-order valence-electron chi connectivity index (χ0n) is 12.2. The molecule has 0 spiro atoms. The predicted molar refractivity (Wildman–Crippen MR) is 75.1 cm³/mol. The zero-order chi connectivity index (χ0) is 13.4. The highest BCUT2D eigenvalue weighted by molar-refractivity contribution is 5.29. The molecule has 1 N–H and O–H groups in total. The molecular formula is C15H25N3O. The van der Waals surface area contributed by atoms with E-state index in [2.05, 4.69) is 17.3 Å². The number of hydrogen-bond acceptors (Lipinski definition) is 3. The Morgan fingerprint density at radius 2 is 2.32 bits per heavy atom. The molecule has 0 radical (unpaired) electrons. The lowest BCUT2D eigenvalue weighted by Gasteiger charge is -2.31. The second-order valence-corrected chi connectivity index (χ2v) is 6.10. The summed E-state index contributed by atoms with van der Waals surface area (Å²) >= 11 is 0. The Morgan fingerprint density at radius 1 is 1.47 bits per heavy atom. The van der Waals surface area contributed by atoms with Crippen LogP contribution < -0.4 is 10.1 Å². The summed E-state index contributed by atoms with van der Waals surface area (Å²) < 4.78 is 7.49. The molecule has 2 fully saturated rings. The van der Waals surface area contributed by atoms with Crippen LogP contribution in [0.2, 0.25) is 0 Å². The molecule has 4 nitrogen and oxygen atoms in total. The van der Waals surface area contributed by atoms with Crippen LogP contribution in [0.15, 0.2) is 6.20 Å². The van der Waals surface area contributed by atoms with Gasteiger partial charge in [0.05, 0.1) is 25.0 Å². The van der Waals surface area contributed by atoms with Crippen LogP contribution in [0, 0.1) is 17.8 Å². The molecule has 1 aromatic heterocycles. The number of fused-ring (bicyclic) bond motifs is 2.